The van der Waals surface area contributed by atoms with Gasteiger partial charge in [-0.05, 0) is 49.9 Å². The first kappa shape index (κ1) is 21.1. The first-order valence-corrected chi connectivity index (χ1v) is 11.0. The van der Waals surface area contributed by atoms with E-state index in [-0.39, 0.29) is 35.6 Å². The molecule has 3 saturated heterocycles. The van der Waals surface area contributed by atoms with Crippen LogP contribution in [0.25, 0.3) is 0 Å². The Kier molecular flexibility index (Phi) is 6.24. The van der Waals surface area contributed by atoms with Gasteiger partial charge in [-0.15, -0.1) is 0 Å². The molecule has 0 unspecified atom stereocenters. The summed E-state index contributed by atoms with van der Waals surface area (Å²) in [5, 5.41) is 3.21. The standard InChI is InChI=1S/C22H32FN5O2/c23-17-1-3-19(4-2-17)27-13-11-26(12-14-27)8-5-18-15-22(21(30)25-18)6-9-28(10-7-22)20(29)16-24/h1-4,18H,5-16,24H2,(H,25,30)/t18-/m0/s1. The number of hydrogen-bond acceptors (Lipinski definition) is 5. The van der Waals surface area contributed by atoms with E-state index in [2.05, 4.69) is 15.1 Å². The highest BCUT2D eigenvalue weighted by Crippen LogP contribution is 2.41. The molecule has 0 bridgehead atoms. The van der Waals surface area contributed by atoms with Crippen LogP contribution in [0.3, 0.4) is 0 Å². The first-order chi connectivity index (χ1) is 14.5. The molecule has 0 aromatic heterocycles. The molecule has 4 rings (SSSR count). The number of amides is 2. The Bertz CT molecular complexity index is 755. The highest BCUT2D eigenvalue weighted by Gasteiger charge is 2.48. The molecule has 2 amide bonds. The molecule has 1 aromatic rings. The number of carbonyl (C=O) groups excluding carboxylic acids is 2. The summed E-state index contributed by atoms with van der Waals surface area (Å²) in [5.74, 6) is -0.0708. The van der Waals surface area contributed by atoms with Gasteiger partial charge in [-0.2, -0.15) is 0 Å². The molecule has 7 nitrogen and oxygen atoms in total. The topological polar surface area (TPSA) is 81.9 Å². The van der Waals surface area contributed by atoms with Crippen LogP contribution >= 0.6 is 0 Å². The van der Waals surface area contributed by atoms with Gasteiger partial charge in [0.1, 0.15) is 5.82 Å². The largest absolute Gasteiger partial charge is 0.369 e. The second kappa shape index (κ2) is 8.89. The van der Waals surface area contributed by atoms with Crippen molar-refractivity contribution in [3.8, 4) is 0 Å². The summed E-state index contributed by atoms with van der Waals surface area (Å²) in [7, 11) is 0. The van der Waals surface area contributed by atoms with E-state index in [4.69, 9.17) is 5.73 Å². The number of halogens is 1. The normalized spacial score (nSPS) is 24.3. The number of piperidine rings is 1. The number of nitrogens with one attached hydrogen (secondary N) is 1. The van der Waals surface area contributed by atoms with E-state index in [0.717, 1.165) is 64.1 Å². The van der Waals surface area contributed by atoms with Crippen molar-refractivity contribution in [2.45, 2.75) is 31.7 Å². The zero-order chi connectivity index (χ0) is 21.1. The Balaban J connectivity index is 1.22. The number of benzene rings is 1. The minimum atomic E-state index is -0.308. The maximum absolute atomic E-state index is 13.1. The fourth-order valence-electron chi connectivity index (χ4n) is 5.09. The van der Waals surface area contributed by atoms with Crippen LogP contribution in [0.15, 0.2) is 24.3 Å². The van der Waals surface area contributed by atoms with Gasteiger partial charge in [0.25, 0.3) is 0 Å². The molecule has 30 heavy (non-hydrogen) atoms. The summed E-state index contributed by atoms with van der Waals surface area (Å²) in [5.41, 5.74) is 6.22. The van der Waals surface area contributed by atoms with Gasteiger partial charge in [0.05, 0.1) is 12.0 Å². The number of rotatable bonds is 5. The molecule has 0 radical (unpaired) electrons. The number of nitrogens with zero attached hydrogens (tertiary/aromatic N) is 3. The maximum Gasteiger partial charge on any atom is 0.236 e. The van der Waals surface area contributed by atoms with Gasteiger partial charge in [-0.25, -0.2) is 4.39 Å². The molecule has 0 saturated carbocycles. The van der Waals surface area contributed by atoms with Crippen molar-refractivity contribution < 1.29 is 14.0 Å². The van der Waals surface area contributed by atoms with Gasteiger partial charge in [0.2, 0.25) is 11.8 Å². The summed E-state index contributed by atoms with van der Waals surface area (Å²) in [6, 6.07) is 6.91. The van der Waals surface area contributed by atoms with Crippen LogP contribution < -0.4 is 16.0 Å². The SMILES string of the molecule is NCC(=O)N1CCC2(CC1)C[C@H](CCN1CCN(c3ccc(F)cc3)CC1)NC2=O. The Morgan fingerprint density at radius 1 is 1.10 bits per heavy atom. The molecule has 3 aliphatic rings. The smallest absolute Gasteiger partial charge is 0.236 e. The molecule has 3 N–H and O–H groups in total. The van der Waals surface area contributed by atoms with E-state index in [0.29, 0.717) is 13.1 Å². The molecule has 1 aromatic carbocycles. The number of hydrogen-bond donors (Lipinski definition) is 2. The molecular weight excluding hydrogens is 385 g/mol. The molecule has 8 heteroatoms. The van der Waals surface area contributed by atoms with E-state index in [1.807, 2.05) is 12.1 Å². The van der Waals surface area contributed by atoms with Crippen LogP contribution in [0.2, 0.25) is 0 Å². The van der Waals surface area contributed by atoms with Crippen molar-refractivity contribution in [3.63, 3.8) is 0 Å². The maximum atomic E-state index is 13.1. The van der Waals surface area contributed by atoms with Crippen LogP contribution in [0, 0.1) is 11.2 Å². The lowest BCUT2D eigenvalue weighted by atomic mass is 9.75. The average molecular weight is 418 g/mol. The highest BCUT2D eigenvalue weighted by atomic mass is 19.1. The number of nitrogens with two attached hydrogens (primary N) is 1. The minimum absolute atomic E-state index is 0.0282. The Hall–Kier alpha value is -2.19. The van der Waals surface area contributed by atoms with Crippen molar-refractivity contribution >= 4 is 17.5 Å². The summed E-state index contributed by atoms with van der Waals surface area (Å²) >= 11 is 0. The predicted octanol–water partition coefficient (Wildman–Crippen LogP) is 0.794. The lowest BCUT2D eigenvalue weighted by Gasteiger charge is -2.37. The van der Waals surface area contributed by atoms with E-state index >= 15 is 0 Å². The van der Waals surface area contributed by atoms with Crippen molar-refractivity contribution in [1.82, 2.24) is 15.1 Å². The number of piperazine rings is 1. The van der Waals surface area contributed by atoms with Gasteiger partial charge in [0, 0.05) is 57.5 Å². The molecule has 164 valence electrons. The average Bonchev–Trinajstić information content (AvgIpc) is 3.08. The van der Waals surface area contributed by atoms with E-state index in [1.165, 1.54) is 12.1 Å². The van der Waals surface area contributed by atoms with Crippen molar-refractivity contribution in [2.24, 2.45) is 11.1 Å². The Labute approximate surface area is 177 Å². The fraction of sp³-hybridized carbons (Fsp3) is 0.636. The van der Waals surface area contributed by atoms with Gasteiger partial charge in [0.15, 0.2) is 0 Å². The van der Waals surface area contributed by atoms with Crippen LogP contribution in [0.5, 0.6) is 0 Å². The number of carbonyl (C=O) groups is 2. The van der Waals surface area contributed by atoms with E-state index in [9.17, 15) is 14.0 Å². The number of likely N-dealkylation sites (tertiary alicyclic amines) is 1. The lowest BCUT2D eigenvalue weighted by Crippen LogP contribution is -2.47. The molecule has 1 spiro atoms. The second-order valence-electron chi connectivity index (χ2n) is 8.83. The van der Waals surface area contributed by atoms with E-state index in [1.54, 1.807) is 4.90 Å². The van der Waals surface area contributed by atoms with Crippen LogP contribution in [-0.2, 0) is 9.59 Å². The third kappa shape index (κ3) is 4.44. The van der Waals surface area contributed by atoms with Crippen LogP contribution in [0.4, 0.5) is 10.1 Å². The predicted molar refractivity (Wildman–Crippen MR) is 114 cm³/mol. The third-order valence-corrected chi connectivity index (χ3v) is 7.06. The summed E-state index contributed by atoms with van der Waals surface area (Å²) in [6.07, 6.45) is 3.29. The van der Waals surface area contributed by atoms with Crippen molar-refractivity contribution in [3.05, 3.63) is 30.1 Å². The minimum Gasteiger partial charge on any atom is -0.369 e. The Morgan fingerprint density at radius 2 is 1.77 bits per heavy atom. The zero-order valence-corrected chi connectivity index (χ0v) is 17.5. The van der Waals surface area contributed by atoms with Crippen molar-refractivity contribution in [1.29, 1.82) is 0 Å². The Morgan fingerprint density at radius 3 is 2.40 bits per heavy atom. The van der Waals surface area contributed by atoms with Crippen molar-refractivity contribution in [2.75, 3.05) is 57.3 Å². The van der Waals surface area contributed by atoms with Gasteiger partial charge >= 0.3 is 0 Å². The van der Waals surface area contributed by atoms with Crippen LogP contribution in [-0.4, -0.2) is 80.0 Å². The third-order valence-electron chi connectivity index (χ3n) is 7.06. The molecule has 3 aliphatic heterocycles. The summed E-state index contributed by atoms with van der Waals surface area (Å²) in [6.45, 7) is 6.06. The zero-order valence-electron chi connectivity index (χ0n) is 17.5. The summed E-state index contributed by atoms with van der Waals surface area (Å²) in [4.78, 5) is 31.0. The summed E-state index contributed by atoms with van der Waals surface area (Å²) < 4.78 is 13.1. The van der Waals surface area contributed by atoms with Gasteiger partial charge in [-0.1, -0.05) is 0 Å². The first-order valence-electron chi connectivity index (χ1n) is 11.0. The molecule has 0 aliphatic carbocycles. The molecular formula is C22H32FN5O2. The molecule has 3 fully saturated rings. The second-order valence-corrected chi connectivity index (χ2v) is 8.83. The quantitative estimate of drug-likeness (QED) is 0.741. The highest BCUT2D eigenvalue weighted by molar-refractivity contribution is 5.86. The fourth-order valence-corrected chi connectivity index (χ4v) is 5.09. The lowest BCUT2D eigenvalue weighted by molar-refractivity contribution is -0.137. The van der Waals surface area contributed by atoms with Crippen LogP contribution in [0.1, 0.15) is 25.7 Å². The molecule has 1 atom stereocenters. The van der Waals surface area contributed by atoms with Gasteiger partial charge < -0.3 is 20.9 Å². The van der Waals surface area contributed by atoms with Gasteiger partial charge in [-0.3, -0.25) is 14.5 Å². The van der Waals surface area contributed by atoms with E-state index < -0.39 is 0 Å². The molecule has 3 heterocycles. The number of anilines is 1. The monoisotopic (exact) mass is 417 g/mol.